The van der Waals surface area contributed by atoms with Crippen molar-refractivity contribution in [3.8, 4) is 5.75 Å². The van der Waals surface area contributed by atoms with E-state index in [0.717, 1.165) is 5.39 Å². The Hall–Kier alpha value is -2.41. The summed E-state index contributed by atoms with van der Waals surface area (Å²) in [6.07, 6.45) is 2.64. The van der Waals surface area contributed by atoms with E-state index in [-0.39, 0.29) is 11.4 Å². The molecule has 2 rings (SSSR count). The third-order valence-electron chi connectivity index (χ3n) is 2.47. The Morgan fingerprint density at radius 2 is 1.68 bits per heavy atom. The smallest absolute Gasteiger partial charge is 0.378 e. The van der Waals surface area contributed by atoms with E-state index in [0.29, 0.717) is 5.39 Å². The van der Waals surface area contributed by atoms with Gasteiger partial charge in [-0.05, 0) is 22.6 Å². The van der Waals surface area contributed by atoms with Gasteiger partial charge in [0.15, 0.2) is 4.98 Å². The van der Waals surface area contributed by atoms with Gasteiger partial charge in [-0.1, -0.05) is 51.0 Å². The van der Waals surface area contributed by atoms with Gasteiger partial charge < -0.3 is 9.90 Å². The molecule has 0 unspecified atom stereocenters. The summed E-state index contributed by atoms with van der Waals surface area (Å²) in [4.78, 5) is 10.9. The van der Waals surface area contributed by atoms with Crippen LogP contribution < -0.4 is 5.11 Å². The minimum absolute atomic E-state index is 0.0821. The van der Waals surface area contributed by atoms with Crippen molar-refractivity contribution in [3.63, 3.8) is 0 Å². The Labute approximate surface area is 113 Å². The normalized spacial score (nSPS) is 8.47. The maximum atomic E-state index is 11.5. The highest BCUT2D eigenvalue weighted by atomic mass is 16.3. The van der Waals surface area contributed by atoms with Crippen molar-refractivity contribution in [2.75, 3.05) is 0 Å². The van der Waals surface area contributed by atoms with Crippen molar-refractivity contribution < 1.29 is 9.90 Å². The maximum absolute atomic E-state index is 11.5. The number of fused-ring (bicyclic) bond motifs is 1. The van der Waals surface area contributed by atoms with Crippen LogP contribution in [-0.4, -0.2) is 6.79 Å². The fourth-order valence-corrected chi connectivity index (χ4v) is 1.31. The summed E-state index contributed by atoms with van der Waals surface area (Å²) in [6.45, 7) is 6.36. The largest absolute Gasteiger partial charge is 0.867 e. The second-order valence-corrected chi connectivity index (χ2v) is 3.73. The summed E-state index contributed by atoms with van der Waals surface area (Å²) < 4.78 is 0. The number of carbonyl (C=O) groups is 1. The molecule has 0 aliphatic rings. The van der Waals surface area contributed by atoms with E-state index >= 15 is 0 Å². The number of benzene rings is 2. The van der Waals surface area contributed by atoms with Crippen molar-refractivity contribution >= 4 is 23.2 Å². The number of hydrogen-bond donors (Lipinski definition) is 0. The highest BCUT2D eigenvalue weighted by Gasteiger charge is 2.07. The summed E-state index contributed by atoms with van der Waals surface area (Å²) in [7, 11) is 0. The summed E-state index contributed by atoms with van der Waals surface area (Å²) in [6, 6.07) is 10.5. The van der Waals surface area contributed by atoms with E-state index < -0.39 is 0 Å². The molecule has 0 N–H and O–H groups in total. The number of rotatable bonds is 1. The van der Waals surface area contributed by atoms with Gasteiger partial charge in [0, 0.05) is 6.07 Å². The highest BCUT2D eigenvalue weighted by Crippen LogP contribution is 2.31. The molecule has 0 radical (unpaired) electrons. The van der Waals surface area contributed by atoms with Gasteiger partial charge in [0.1, 0.15) is 6.79 Å². The third kappa shape index (κ3) is 4.76. The first-order valence-electron chi connectivity index (χ1n) is 6.07. The molecule has 0 spiro atoms. The summed E-state index contributed by atoms with van der Waals surface area (Å²) >= 11 is 0. The lowest BCUT2D eigenvalue weighted by atomic mass is 10.1. The Morgan fingerprint density at radius 1 is 1.11 bits per heavy atom. The Kier molecular flexibility index (Phi) is 8.38. The van der Waals surface area contributed by atoms with Gasteiger partial charge in [-0.15, -0.1) is 0 Å². The molecule has 0 heterocycles. The van der Waals surface area contributed by atoms with Crippen LogP contribution in [0, 0.1) is 5.39 Å². The average Bonchev–Trinajstić information content (AvgIpc) is 2.50. The van der Waals surface area contributed by atoms with Crippen molar-refractivity contribution in [1.29, 1.82) is 5.39 Å². The van der Waals surface area contributed by atoms with Gasteiger partial charge in [0.25, 0.3) is 0 Å². The van der Waals surface area contributed by atoms with E-state index in [1.165, 1.54) is 18.9 Å². The summed E-state index contributed by atoms with van der Waals surface area (Å²) in [5.41, 5.74) is 0.0821. The Bertz CT molecular complexity index is 545. The number of nitrogens with zero attached hydrogens (tertiary/aromatic N) is 2. The Balaban J connectivity index is 0.000000467. The zero-order valence-electron chi connectivity index (χ0n) is 11.3. The lowest BCUT2D eigenvalue weighted by Crippen LogP contribution is -1.90. The zero-order chi connectivity index (χ0) is 14.7. The molecule has 0 fully saturated rings. The van der Waals surface area contributed by atoms with Gasteiger partial charge in [-0.3, -0.25) is 0 Å². The number of carbonyl (C=O) groups excluding carboxylic acids is 1. The van der Waals surface area contributed by atoms with E-state index in [4.69, 9.17) is 10.2 Å². The lowest BCUT2D eigenvalue weighted by Gasteiger charge is -2.05. The predicted molar refractivity (Wildman–Crippen MR) is 75.8 cm³/mol. The van der Waals surface area contributed by atoms with Gasteiger partial charge in [0.2, 0.25) is 5.39 Å². The molecule has 0 aromatic heterocycles. The van der Waals surface area contributed by atoms with Crippen molar-refractivity contribution in [2.45, 2.75) is 26.7 Å². The number of diazo groups is 1. The van der Waals surface area contributed by atoms with Crippen LogP contribution in [0.4, 0.5) is 5.69 Å². The second-order valence-electron chi connectivity index (χ2n) is 3.73. The van der Waals surface area contributed by atoms with Crippen molar-refractivity contribution in [3.05, 3.63) is 41.4 Å². The average molecular weight is 258 g/mol. The van der Waals surface area contributed by atoms with Crippen LogP contribution in [-0.2, 0) is 4.79 Å². The SMILES string of the molecule is C=O.CCCC.N#[N+]c1ccc2ccccc2c1[O-]. The number of hydrogen-bond acceptors (Lipinski definition) is 3. The van der Waals surface area contributed by atoms with Crippen molar-refractivity contribution in [1.82, 2.24) is 0 Å². The molecule has 4 nitrogen and oxygen atoms in total. The van der Waals surface area contributed by atoms with Crippen LogP contribution in [0.3, 0.4) is 0 Å². The quantitative estimate of drug-likeness (QED) is 0.725. The standard InChI is InChI=1S/C10H6N2O.C4H10.CH2O/c11-12-9-6-5-7-3-1-2-4-8(7)10(9)13;1-3-4-2;1-2/h1-6H;3-4H2,1-2H3;1H2. The van der Waals surface area contributed by atoms with Gasteiger partial charge in [-0.25, -0.2) is 0 Å². The molecule has 0 atom stereocenters. The van der Waals surface area contributed by atoms with E-state index in [9.17, 15) is 5.11 Å². The molecular weight excluding hydrogens is 240 g/mol. The van der Waals surface area contributed by atoms with Crippen LogP contribution in [0.25, 0.3) is 15.7 Å². The maximum Gasteiger partial charge on any atom is 0.378 e. The van der Waals surface area contributed by atoms with E-state index in [1.54, 1.807) is 18.2 Å². The minimum atomic E-state index is -0.236. The molecule has 0 aliphatic carbocycles. The van der Waals surface area contributed by atoms with Crippen LogP contribution in [0.15, 0.2) is 36.4 Å². The molecule has 2 aromatic rings. The first-order chi connectivity index (χ1) is 9.24. The molecule has 4 heteroatoms. The molecule has 2 aromatic carbocycles. The molecule has 0 saturated carbocycles. The second kappa shape index (κ2) is 9.60. The molecule has 19 heavy (non-hydrogen) atoms. The first kappa shape index (κ1) is 16.6. The highest BCUT2D eigenvalue weighted by molar-refractivity contribution is 5.92. The first-order valence-corrected chi connectivity index (χ1v) is 6.07. The van der Waals surface area contributed by atoms with Gasteiger partial charge in [0.05, 0.1) is 0 Å². The molecule has 0 amide bonds. The number of unbranched alkanes of at least 4 members (excludes halogenated alkanes) is 1. The fraction of sp³-hybridized carbons (Fsp3) is 0.267. The lowest BCUT2D eigenvalue weighted by molar-refractivity contribution is -0.264. The van der Waals surface area contributed by atoms with Crippen LogP contribution >= 0.6 is 0 Å². The molecule has 0 saturated heterocycles. The van der Waals surface area contributed by atoms with Crippen LogP contribution in [0.5, 0.6) is 5.75 Å². The third-order valence-corrected chi connectivity index (χ3v) is 2.47. The monoisotopic (exact) mass is 258 g/mol. The topological polar surface area (TPSA) is 68.3 Å². The van der Waals surface area contributed by atoms with E-state index in [2.05, 4.69) is 18.8 Å². The molecular formula is C15H18N2O2. The van der Waals surface area contributed by atoms with Crippen molar-refractivity contribution in [2.24, 2.45) is 0 Å². The van der Waals surface area contributed by atoms with Gasteiger partial charge in [-0.2, -0.15) is 0 Å². The molecule has 0 bridgehead atoms. The van der Waals surface area contributed by atoms with E-state index in [1.807, 2.05) is 18.9 Å². The summed E-state index contributed by atoms with van der Waals surface area (Å²) in [5, 5.41) is 21.5. The molecule has 0 aliphatic heterocycles. The molecule has 100 valence electrons. The minimum Gasteiger partial charge on any atom is -0.867 e. The van der Waals surface area contributed by atoms with Crippen LogP contribution in [0.2, 0.25) is 0 Å². The fourth-order valence-electron chi connectivity index (χ4n) is 1.31. The van der Waals surface area contributed by atoms with Gasteiger partial charge >= 0.3 is 5.69 Å². The van der Waals surface area contributed by atoms with Crippen LogP contribution in [0.1, 0.15) is 26.7 Å². The predicted octanol–water partition coefficient (Wildman–Crippen LogP) is 4.02. The zero-order valence-corrected chi connectivity index (χ0v) is 11.3. The Morgan fingerprint density at radius 3 is 2.21 bits per heavy atom. The summed E-state index contributed by atoms with van der Waals surface area (Å²) in [5.74, 6) is -0.236.